The van der Waals surface area contributed by atoms with Crippen molar-refractivity contribution in [3.05, 3.63) is 34.9 Å². The van der Waals surface area contributed by atoms with E-state index >= 15 is 0 Å². The Morgan fingerprint density at radius 1 is 1.18 bits per heavy atom. The summed E-state index contributed by atoms with van der Waals surface area (Å²) in [5.74, 6) is 0.0832. The molecule has 0 atom stereocenters. The van der Waals surface area contributed by atoms with Gasteiger partial charge in [-0.25, -0.2) is 8.42 Å². The van der Waals surface area contributed by atoms with Crippen LogP contribution in [-0.2, 0) is 15.6 Å². The number of hydrogen-bond acceptors (Lipinski definition) is 3. The van der Waals surface area contributed by atoms with Gasteiger partial charge in [0.15, 0.2) is 9.84 Å². The molecule has 0 heterocycles. The smallest absolute Gasteiger partial charge is 0.156 e. The van der Waals surface area contributed by atoms with Gasteiger partial charge in [0.2, 0.25) is 0 Å². The summed E-state index contributed by atoms with van der Waals surface area (Å²) in [6.45, 7) is 7.33. The normalized spacial score (nSPS) is 12.8. The molecule has 0 amide bonds. The lowest BCUT2D eigenvalue weighted by atomic mass is 10.1. The molecule has 0 aliphatic heterocycles. The third-order valence-corrected chi connectivity index (χ3v) is 4.51. The van der Waals surface area contributed by atoms with Crippen LogP contribution in [0, 0.1) is 13.8 Å². The number of benzene rings is 1. The molecule has 4 heteroatoms. The first-order valence-corrected chi connectivity index (χ1v) is 7.47. The second-order valence-corrected chi connectivity index (χ2v) is 7.46. The maximum Gasteiger partial charge on any atom is 0.156 e. The van der Waals surface area contributed by atoms with Gasteiger partial charge in [-0.1, -0.05) is 18.2 Å². The molecule has 0 saturated heterocycles. The second kappa shape index (κ2) is 4.78. The van der Waals surface area contributed by atoms with Gasteiger partial charge in [0, 0.05) is 5.54 Å². The van der Waals surface area contributed by atoms with Gasteiger partial charge in [0.25, 0.3) is 0 Å². The summed E-state index contributed by atoms with van der Waals surface area (Å²) in [7, 11) is -3.16. The van der Waals surface area contributed by atoms with E-state index in [1.165, 1.54) is 0 Å². The van der Waals surface area contributed by atoms with Crippen LogP contribution < -0.4 is 5.73 Å². The number of nitrogens with two attached hydrogens (primary N) is 1. The van der Waals surface area contributed by atoms with E-state index in [1.54, 1.807) is 13.8 Å². The van der Waals surface area contributed by atoms with E-state index in [1.807, 2.05) is 32.0 Å². The van der Waals surface area contributed by atoms with Crippen molar-refractivity contribution >= 4 is 9.84 Å². The second-order valence-electron chi connectivity index (χ2n) is 5.39. The van der Waals surface area contributed by atoms with Crippen molar-refractivity contribution in [2.45, 2.75) is 39.0 Å². The third-order valence-electron chi connectivity index (χ3n) is 2.60. The molecular formula is C13H21NO2S. The summed E-state index contributed by atoms with van der Waals surface area (Å²) in [4.78, 5) is 0. The molecule has 0 aliphatic carbocycles. The van der Waals surface area contributed by atoms with Gasteiger partial charge in [-0.15, -0.1) is 0 Å². The number of rotatable bonds is 4. The Hall–Kier alpha value is -0.870. The van der Waals surface area contributed by atoms with Crippen LogP contribution in [0.5, 0.6) is 0 Å². The summed E-state index contributed by atoms with van der Waals surface area (Å²) in [5.41, 5.74) is 8.02. The van der Waals surface area contributed by atoms with Crippen LogP contribution in [0.1, 0.15) is 30.5 Å². The van der Waals surface area contributed by atoms with Gasteiger partial charge < -0.3 is 5.73 Å². The zero-order chi connectivity index (χ0) is 13.3. The summed E-state index contributed by atoms with van der Waals surface area (Å²) >= 11 is 0. The highest BCUT2D eigenvalue weighted by atomic mass is 32.2. The number of hydrogen-bond donors (Lipinski definition) is 1. The Bertz CT molecular complexity index is 478. The van der Waals surface area contributed by atoms with E-state index in [4.69, 9.17) is 5.73 Å². The van der Waals surface area contributed by atoms with Crippen molar-refractivity contribution in [3.63, 3.8) is 0 Å². The molecule has 0 aliphatic rings. The SMILES string of the molecule is Cc1cccc(C)c1CS(=O)(=O)CC(C)(C)N. The fourth-order valence-electron chi connectivity index (χ4n) is 1.91. The Morgan fingerprint density at radius 3 is 2.06 bits per heavy atom. The molecule has 0 saturated carbocycles. The van der Waals surface area contributed by atoms with Gasteiger partial charge in [-0.3, -0.25) is 0 Å². The van der Waals surface area contributed by atoms with Crippen molar-refractivity contribution in [1.82, 2.24) is 0 Å². The summed E-state index contributed by atoms with van der Waals surface area (Å²) in [6, 6.07) is 5.81. The highest BCUT2D eigenvalue weighted by Gasteiger charge is 2.23. The molecule has 0 spiro atoms. The van der Waals surface area contributed by atoms with Gasteiger partial charge in [-0.2, -0.15) is 0 Å². The van der Waals surface area contributed by atoms with E-state index in [2.05, 4.69) is 0 Å². The highest BCUT2D eigenvalue weighted by Crippen LogP contribution is 2.18. The standard InChI is InChI=1S/C13H21NO2S/c1-10-6-5-7-11(2)12(10)8-17(15,16)9-13(3,4)14/h5-7H,8-9,14H2,1-4H3. The largest absolute Gasteiger partial charge is 0.325 e. The van der Waals surface area contributed by atoms with Crippen LogP contribution in [0.3, 0.4) is 0 Å². The molecule has 0 bridgehead atoms. The van der Waals surface area contributed by atoms with E-state index in [9.17, 15) is 8.42 Å². The monoisotopic (exact) mass is 255 g/mol. The van der Waals surface area contributed by atoms with Crippen LogP contribution in [0.25, 0.3) is 0 Å². The molecule has 96 valence electrons. The molecule has 2 N–H and O–H groups in total. The first-order chi connectivity index (χ1) is 7.61. The number of aryl methyl sites for hydroxylation is 2. The Balaban J connectivity index is 2.99. The van der Waals surface area contributed by atoms with Gasteiger partial charge in [0.05, 0.1) is 11.5 Å². The predicted molar refractivity (Wildman–Crippen MR) is 71.7 cm³/mol. The third kappa shape index (κ3) is 4.48. The van der Waals surface area contributed by atoms with Crippen LogP contribution >= 0.6 is 0 Å². The highest BCUT2D eigenvalue weighted by molar-refractivity contribution is 7.90. The zero-order valence-electron chi connectivity index (χ0n) is 10.9. The molecule has 0 aromatic heterocycles. The van der Waals surface area contributed by atoms with E-state index in [0.717, 1.165) is 16.7 Å². The summed E-state index contributed by atoms with van der Waals surface area (Å²) in [6.07, 6.45) is 0. The lowest BCUT2D eigenvalue weighted by Crippen LogP contribution is -2.40. The maximum absolute atomic E-state index is 12.0. The van der Waals surface area contributed by atoms with E-state index < -0.39 is 15.4 Å². The average molecular weight is 255 g/mol. The lowest BCUT2D eigenvalue weighted by molar-refractivity contribution is 0.543. The van der Waals surface area contributed by atoms with Gasteiger partial charge in [-0.05, 0) is 44.4 Å². The fourth-order valence-corrected chi connectivity index (χ4v) is 4.05. The molecule has 1 aromatic carbocycles. The van der Waals surface area contributed by atoms with Crippen molar-refractivity contribution < 1.29 is 8.42 Å². The zero-order valence-corrected chi connectivity index (χ0v) is 11.8. The topological polar surface area (TPSA) is 60.2 Å². The summed E-state index contributed by atoms with van der Waals surface area (Å²) < 4.78 is 24.1. The Kier molecular flexibility index (Phi) is 3.99. The first kappa shape index (κ1) is 14.2. The van der Waals surface area contributed by atoms with E-state index in [0.29, 0.717) is 0 Å². The maximum atomic E-state index is 12.0. The van der Waals surface area contributed by atoms with Gasteiger partial charge >= 0.3 is 0 Å². The number of sulfone groups is 1. The van der Waals surface area contributed by atoms with Crippen LogP contribution in [0.4, 0.5) is 0 Å². The quantitative estimate of drug-likeness (QED) is 0.894. The predicted octanol–water partition coefficient (Wildman–Crippen LogP) is 1.96. The molecule has 1 rings (SSSR count). The molecule has 17 heavy (non-hydrogen) atoms. The minimum atomic E-state index is -3.16. The minimum Gasteiger partial charge on any atom is -0.325 e. The molecule has 3 nitrogen and oxygen atoms in total. The lowest BCUT2D eigenvalue weighted by Gasteiger charge is -2.19. The summed E-state index contributed by atoms with van der Waals surface area (Å²) in [5, 5.41) is 0. The molecule has 0 fully saturated rings. The van der Waals surface area contributed by atoms with E-state index in [-0.39, 0.29) is 11.5 Å². The molecule has 1 aromatic rings. The van der Waals surface area contributed by atoms with Crippen LogP contribution in [0.2, 0.25) is 0 Å². The minimum absolute atomic E-state index is 0.00771. The average Bonchev–Trinajstić information content (AvgIpc) is 2.07. The molecule has 0 unspecified atom stereocenters. The Labute approximate surface area is 104 Å². The molecule has 0 radical (unpaired) electrons. The molecular weight excluding hydrogens is 234 g/mol. The van der Waals surface area contributed by atoms with Crippen molar-refractivity contribution in [3.8, 4) is 0 Å². The van der Waals surface area contributed by atoms with Crippen molar-refractivity contribution in [1.29, 1.82) is 0 Å². The Morgan fingerprint density at radius 2 is 1.65 bits per heavy atom. The first-order valence-electron chi connectivity index (χ1n) is 5.65. The van der Waals surface area contributed by atoms with Crippen LogP contribution in [-0.4, -0.2) is 19.7 Å². The van der Waals surface area contributed by atoms with Crippen molar-refractivity contribution in [2.24, 2.45) is 5.73 Å². The van der Waals surface area contributed by atoms with Crippen molar-refractivity contribution in [2.75, 3.05) is 5.75 Å². The van der Waals surface area contributed by atoms with Gasteiger partial charge in [0.1, 0.15) is 0 Å². The van der Waals surface area contributed by atoms with Crippen LogP contribution in [0.15, 0.2) is 18.2 Å². The fraction of sp³-hybridized carbons (Fsp3) is 0.538.